The highest BCUT2D eigenvalue weighted by atomic mass is 19.1. The van der Waals surface area contributed by atoms with E-state index in [0.717, 1.165) is 24.4 Å². The molecule has 1 aliphatic carbocycles. The number of aromatic nitrogens is 3. The Labute approximate surface area is 123 Å². The van der Waals surface area contributed by atoms with Crippen LogP contribution in [0.15, 0.2) is 30.3 Å². The molecule has 5 heteroatoms. The highest BCUT2D eigenvalue weighted by Gasteiger charge is 2.44. The molecule has 4 nitrogen and oxygen atoms in total. The summed E-state index contributed by atoms with van der Waals surface area (Å²) in [5.41, 5.74) is 1.10. The average molecular weight is 287 g/mol. The van der Waals surface area contributed by atoms with Crippen molar-refractivity contribution in [2.75, 3.05) is 13.7 Å². The lowest BCUT2D eigenvalue weighted by molar-refractivity contribution is 0.184. The van der Waals surface area contributed by atoms with Crippen molar-refractivity contribution in [3.63, 3.8) is 0 Å². The fourth-order valence-electron chi connectivity index (χ4n) is 3.27. The van der Waals surface area contributed by atoms with Crippen LogP contribution in [-0.2, 0) is 4.74 Å². The number of hydrogen-bond acceptors (Lipinski definition) is 3. The van der Waals surface area contributed by atoms with Crippen LogP contribution in [0.4, 0.5) is 4.39 Å². The molecule has 0 amide bonds. The van der Waals surface area contributed by atoms with E-state index in [9.17, 15) is 4.39 Å². The van der Waals surface area contributed by atoms with Crippen molar-refractivity contribution in [1.82, 2.24) is 14.8 Å². The Hall–Kier alpha value is -1.75. The summed E-state index contributed by atoms with van der Waals surface area (Å²) in [6, 6.07) is 9.95. The fourth-order valence-corrected chi connectivity index (χ4v) is 3.27. The summed E-state index contributed by atoms with van der Waals surface area (Å²) in [5.74, 6) is 2.11. The molecule has 1 fully saturated rings. The number of ether oxygens (including phenoxy) is 1. The summed E-state index contributed by atoms with van der Waals surface area (Å²) >= 11 is 0. The molecule has 1 aliphatic heterocycles. The second-order valence-electron chi connectivity index (χ2n) is 5.96. The lowest BCUT2D eigenvalue weighted by atomic mass is 10.0. The van der Waals surface area contributed by atoms with Crippen LogP contribution in [0.25, 0.3) is 0 Å². The molecule has 0 N–H and O–H groups in total. The van der Waals surface area contributed by atoms with Crippen LogP contribution in [0.5, 0.6) is 0 Å². The van der Waals surface area contributed by atoms with E-state index in [4.69, 9.17) is 4.74 Å². The van der Waals surface area contributed by atoms with Crippen molar-refractivity contribution in [2.24, 2.45) is 5.92 Å². The van der Waals surface area contributed by atoms with Gasteiger partial charge in [0.1, 0.15) is 0 Å². The Morgan fingerprint density at radius 1 is 1.29 bits per heavy atom. The van der Waals surface area contributed by atoms with E-state index < -0.39 is 6.17 Å². The van der Waals surface area contributed by atoms with E-state index in [1.165, 1.54) is 0 Å². The number of alkyl halides is 1. The molecule has 2 aliphatic rings. The molecule has 4 rings (SSSR count). The molecule has 1 aromatic heterocycles. The van der Waals surface area contributed by atoms with Crippen LogP contribution in [-0.4, -0.2) is 28.5 Å². The molecule has 1 saturated carbocycles. The minimum absolute atomic E-state index is 0.0305. The molecule has 4 atom stereocenters. The first-order valence-electron chi connectivity index (χ1n) is 7.42. The smallest absolute Gasteiger partial charge is 0.162 e. The average Bonchev–Trinajstić information content (AvgIpc) is 3.02. The SMILES string of the molecule is COC[C@@H]1C[C@H]1c1nc2n(n1)C(c1ccccc1)C[C@@H]2F. The summed E-state index contributed by atoms with van der Waals surface area (Å²) in [6.07, 6.45) is 0.465. The van der Waals surface area contributed by atoms with E-state index in [0.29, 0.717) is 24.1 Å². The molecule has 0 radical (unpaired) electrons. The highest BCUT2D eigenvalue weighted by Crippen LogP contribution is 2.48. The monoisotopic (exact) mass is 287 g/mol. The lowest BCUT2D eigenvalue weighted by Crippen LogP contribution is -2.07. The predicted molar refractivity (Wildman–Crippen MR) is 75.8 cm³/mol. The zero-order chi connectivity index (χ0) is 14.4. The van der Waals surface area contributed by atoms with Gasteiger partial charge >= 0.3 is 0 Å². The maximum absolute atomic E-state index is 14.2. The summed E-state index contributed by atoms with van der Waals surface area (Å²) in [5, 5.41) is 4.60. The molecule has 1 unspecified atom stereocenters. The van der Waals surface area contributed by atoms with Crippen molar-refractivity contribution in [3.05, 3.63) is 47.5 Å². The number of benzene rings is 1. The largest absolute Gasteiger partial charge is 0.384 e. The van der Waals surface area contributed by atoms with Crippen molar-refractivity contribution in [3.8, 4) is 0 Å². The second-order valence-corrected chi connectivity index (χ2v) is 5.96. The van der Waals surface area contributed by atoms with Gasteiger partial charge in [-0.1, -0.05) is 30.3 Å². The van der Waals surface area contributed by atoms with Gasteiger partial charge in [0.25, 0.3) is 0 Å². The molecule has 0 bridgehead atoms. The topological polar surface area (TPSA) is 39.9 Å². The van der Waals surface area contributed by atoms with Crippen LogP contribution in [0.2, 0.25) is 0 Å². The van der Waals surface area contributed by atoms with Gasteiger partial charge < -0.3 is 4.74 Å². The van der Waals surface area contributed by atoms with Crippen LogP contribution in [0, 0.1) is 5.92 Å². The van der Waals surface area contributed by atoms with E-state index >= 15 is 0 Å². The summed E-state index contributed by atoms with van der Waals surface area (Å²) in [6.45, 7) is 0.732. The third-order valence-electron chi connectivity index (χ3n) is 4.50. The van der Waals surface area contributed by atoms with Crippen LogP contribution >= 0.6 is 0 Å². The Morgan fingerprint density at radius 2 is 2.10 bits per heavy atom. The third kappa shape index (κ3) is 2.16. The van der Waals surface area contributed by atoms with Crippen molar-refractivity contribution >= 4 is 0 Å². The first kappa shape index (κ1) is 13.0. The van der Waals surface area contributed by atoms with Gasteiger partial charge in [-0.3, -0.25) is 0 Å². The number of hydrogen-bond donors (Lipinski definition) is 0. The van der Waals surface area contributed by atoms with Crippen LogP contribution in [0.3, 0.4) is 0 Å². The molecule has 2 heterocycles. The number of nitrogens with zero attached hydrogens (tertiary/aromatic N) is 3. The molecule has 0 spiro atoms. The lowest BCUT2D eigenvalue weighted by Gasteiger charge is -2.11. The summed E-state index contributed by atoms with van der Waals surface area (Å²) in [7, 11) is 1.71. The van der Waals surface area contributed by atoms with Gasteiger partial charge in [0.05, 0.1) is 6.04 Å². The van der Waals surface area contributed by atoms with Crippen LogP contribution in [0.1, 0.15) is 48.2 Å². The molecular weight excluding hydrogens is 269 g/mol. The molecule has 21 heavy (non-hydrogen) atoms. The van der Waals surface area contributed by atoms with E-state index in [-0.39, 0.29) is 6.04 Å². The molecule has 2 aromatic rings. The first-order chi connectivity index (χ1) is 10.3. The minimum Gasteiger partial charge on any atom is -0.384 e. The van der Waals surface area contributed by atoms with E-state index in [2.05, 4.69) is 10.1 Å². The van der Waals surface area contributed by atoms with Gasteiger partial charge in [-0.2, -0.15) is 5.10 Å². The Kier molecular flexibility index (Phi) is 3.03. The molecule has 110 valence electrons. The highest BCUT2D eigenvalue weighted by molar-refractivity contribution is 5.24. The fraction of sp³-hybridized carbons (Fsp3) is 0.500. The predicted octanol–water partition coefficient (Wildman–Crippen LogP) is 3.03. The molecule has 0 saturated heterocycles. The van der Waals surface area contributed by atoms with Gasteiger partial charge in [-0.05, 0) is 17.9 Å². The maximum atomic E-state index is 14.2. The number of methoxy groups -OCH3 is 1. The first-order valence-corrected chi connectivity index (χ1v) is 7.42. The quantitative estimate of drug-likeness (QED) is 0.867. The van der Waals surface area contributed by atoms with Gasteiger partial charge in [0, 0.05) is 26.1 Å². The zero-order valence-corrected chi connectivity index (χ0v) is 11.9. The Morgan fingerprint density at radius 3 is 2.86 bits per heavy atom. The normalized spacial score (nSPS) is 30.4. The molecule has 1 aromatic carbocycles. The van der Waals surface area contributed by atoms with Crippen molar-refractivity contribution in [1.29, 1.82) is 0 Å². The maximum Gasteiger partial charge on any atom is 0.162 e. The number of halogens is 1. The van der Waals surface area contributed by atoms with Gasteiger partial charge in [0.2, 0.25) is 0 Å². The van der Waals surface area contributed by atoms with Crippen molar-refractivity contribution in [2.45, 2.75) is 31.0 Å². The van der Waals surface area contributed by atoms with E-state index in [1.54, 1.807) is 11.8 Å². The van der Waals surface area contributed by atoms with Gasteiger partial charge in [0.15, 0.2) is 17.8 Å². The molecular formula is C16H18FN3O. The minimum atomic E-state index is -1.02. The Balaban J connectivity index is 1.63. The standard InChI is InChI=1S/C16H18FN3O/c1-21-9-11-7-12(11)15-18-16-13(17)8-14(20(16)19-15)10-5-3-2-4-6-10/h2-6,11-14H,7-9H2,1H3/t11-,12+,13-,14?/m0/s1. The number of fused-ring (bicyclic) bond motifs is 1. The summed E-state index contributed by atoms with van der Waals surface area (Å²) in [4.78, 5) is 4.46. The zero-order valence-electron chi connectivity index (χ0n) is 11.9. The van der Waals surface area contributed by atoms with Crippen molar-refractivity contribution < 1.29 is 9.13 Å². The Bertz CT molecular complexity index is 642. The van der Waals surface area contributed by atoms with Crippen LogP contribution < -0.4 is 0 Å². The van der Waals surface area contributed by atoms with E-state index in [1.807, 2.05) is 30.3 Å². The second kappa shape index (κ2) is 4.91. The van der Waals surface area contributed by atoms with Gasteiger partial charge in [-0.25, -0.2) is 14.1 Å². The number of rotatable bonds is 4. The third-order valence-corrected chi connectivity index (χ3v) is 4.50. The van der Waals surface area contributed by atoms with Gasteiger partial charge in [-0.15, -0.1) is 0 Å². The summed E-state index contributed by atoms with van der Waals surface area (Å²) < 4.78 is 21.2.